The van der Waals surface area contributed by atoms with Gasteiger partial charge in [-0.2, -0.15) is 0 Å². The highest BCUT2D eigenvalue weighted by Gasteiger charge is 2.04. The summed E-state index contributed by atoms with van der Waals surface area (Å²) in [7, 11) is 0. The number of nitrogens with one attached hydrogen (secondary N) is 1. The second kappa shape index (κ2) is 6.16. The largest absolute Gasteiger partial charge is 0.355 e. The minimum atomic E-state index is 0.0856. The fraction of sp³-hybridized carbons (Fsp3) is 0.0714. The Balaban J connectivity index is 2.16. The van der Waals surface area contributed by atoms with Gasteiger partial charge in [0.05, 0.1) is 11.0 Å². The van der Waals surface area contributed by atoms with Gasteiger partial charge in [0.15, 0.2) is 5.78 Å². The van der Waals surface area contributed by atoms with Crippen LogP contribution in [0.5, 0.6) is 0 Å². The molecule has 18 heavy (non-hydrogen) atoms. The molecule has 2 rings (SSSR count). The number of benzene rings is 2. The first kappa shape index (κ1) is 13.3. The van der Waals surface area contributed by atoms with Crippen molar-refractivity contribution in [2.75, 3.05) is 10.6 Å². The second-order valence-electron chi connectivity index (χ2n) is 3.74. The highest BCUT2D eigenvalue weighted by molar-refractivity contribution is 9.10. The van der Waals surface area contributed by atoms with E-state index in [2.05, 4.69) is 37.2 Å². The van der Waals surface area contributed by atoms with Crippen LogP contribution in [-0.2, 0) is 0 Å². The van der Waals surface area contributed by atoms with Crippen LogP contribution in [-0.4, -0.2) is 11.1 Å². The van der Waals surface area contributed by atoms with Gasteiger partial charge in [0.2, 0.25) is 0 Å². The van der Waals surface area contributed by atoms with E-state index in [1.54, 1.807) is 0 Å². The molecule has 0 aliphatic rings. The third-order valence-corrected chi connectivity index (χ3v) is 3.68. The van der Waals surface area contributed by atoms with Crippen molar-refractivity contribution in [1.82, 2.24) is 0 Å². The molecule has 0 aromatic heterocycles. The van der Waals surface area contributed by atoms with E-state index in [1.807, 2.05) is 48.5 Å². The van der Waals surface area contributed by atoms with Gasteiger partial charge in [-0.05, 0) is 52.3 Å². The van der Waals surface area contributed by atoms with Crippen LogP contribution in [0.2, 0.25) is 0 Å². The number of ketones is 1. The van der Waals surface area contributed by atoms with Crippen molar-refractivity contribution in [1.29, 1.82) is 0 Å². The van der Waals surface area contributed by atoms with E-state index in [0.717, 1.165) is 15.8 Å². The first-order valence-corrected chi connectivity index (χ1v) is 7.33. The number of alkyl halides is 1. The maximum Gasteiger partial charge on any atom is 0.173 e. The van der Waals surface area contributed by atoms with Gasteiger partial charge in [0, 0.05) is 15.7 Å². The standard InChI is InChI=1S/C14H11Br2NO/c15-9-14(18)10-5-7-11(8-6-10)17-13-4-2-1-3-12(13)16/h1-8,17H,9H2. The van der Waals surface area contributed by atoms with Crippen LogP contribution in [0, 0.1) is 0 Å². The molecule has 0 saturated heterocycles. The van der Waals surface area contributed by atoms with Crippen LogP contribution in [0.25, 0.3) is 0 Å². The zero-order valence-corrected chi connectivity index (χ0v) is 12.7. The van der Waals surface area contributed by atoms with E-state index in [-0.39, 0.29) is 5.78 Å². The Labute approximate surface area is 123 Å². The molecule has 2 aromatic rings. The molecule has 1 N–H and O–H groups in total. The zero-order valence-electron chi connectivity index (χ0n) is 9.49. The monoisotopic (exact) mass is 367 g/mol. The summed E-state index contributed by atoms with van der Waals surface area (Å²) in [4.78, 5) is 11.5. The highest BCUT2D eigenvalue weighted by Crippen LogP contribution is 2.25. The number of rotatable bonds is 4. The summed E-state index contributed by atoms with van der Waals surface area (Å²) in [5, 5.41) is 3.64. The molecule has 0 atom stereocenters. The smallest absolute Gasteiger partial charge is 0.173 e. The first-order chi connectivity index (χ1) is 8.70. The second-order valence-corrected chi connectivity index (χ2v) is 5.15. The predicted octanol–water partition coefficient (Wildman–Crippen LogP) is 4.77. The van der Waals surface area contributed by atoms with Gasteiger partial charge in [-0.3, -0.25) is 4.79 Å². The van der Waals surface area contributed by atoms with Crippen molar-refractivity contribution in [2.24, 2.45) is 0 Å². The third-order valence-electron chi connectivity index (χ3n) is 2.48. The van der Waals surface area contributed by atoms with Crippen LogP contribution in [0.1, 0.15) is 10.4 Å². The molecule has 0 fully saturated rings. The molecular formula is C14H11Br2NO. The summed E-state index contributed by atoms with van der Waals surface area (Å²) in [5.41, 5.74) is 2.66. The van der Waals surface area contributed by atoms with E-state index < -0.39 is 0 Å². The summed E-state index contributed by atoms with van der Waals surface area (Å²) >= 11 is 6.64. The molecule has 0 amide bonds. The lowest BCUT2D eigenvalue weighted by Gasteiger charge is -2.08. The molecular weight excluding hydrogens is 358 g/mol. The van der Waals surface area contributed by atoms with E-state index in [1.165, 1.54) is 0 Å². The van der Waals surface area contributed by atoms with Crippen molar-refractivity contribution in [3.8, 4) is 0 Å². The quantitative estimate of drug-likeness (QED) is 0.622. The number of halogens is 2. The Hall–Kier alpha value is -1.13. The van der Waals surface area contributed by atoms with Gasteiger partial charge in [-0.25, -0.2) is 0 Å². The number of para-hydroxylation sites is 1. The van der Waals surface area contributed by atoms with Crippen molar-refractivity contribution in [2.45, 2.75) is 0 Å². The highest BCUT2D eigenvalue weighted by atomic mass is 79.9. The van der Waals surface area contributed by atoms with Crippen molar-refractivity contribution in [3.05, 3.63) is 58.6 Å². The van der Waals surface area contributed by atoms with Crippen LogP contribution in [0.15, 0.2) is 53.0 Å². The summed E-state index contributed by atoms with van der Waals surface area (Å²) in [6, 6.07) is 15.3. The molecule has 0 spiro atoms. The maximum atomic E-state index is 11.5. The minimum Gasteiger partial charge on any atom is -0.355 e. The Morgan fingerprint density at radius 2 is 1.72 bits per heavy atom. The van der Waals surface area contributed by atoms with E-state index in [0.29, 0.717) is 10.9 Å². The fourth-order valence-corrected chi connectivity index (χ4v) is 2.24. The number of carbonyl (C=O) groups excluding carboxylic acids is 1. The average Bonchev–Trinajstić information content (AvgIpc) is 2.41. The Kier molecular flexibility index (Phi) is 4.55. The maximum absolute atomic E-state index is 11.5. The topological polar surface area (TPSA) is 29.1 Å². The summed E-state index contributed by atoms with van der Waals surface area (Å²) < 4.78 is 1.01. The van der Waals surface area contributed by atoms with Crippen LogP contribution >= 0.6 is 31.9 Å². The molecule has 0 saturated carbocycles. The number of anilines is 2. The number of hydrogen-bond donors (Lipinski definition) is 1. The molecule has 0 aliphatic heterocycles. The zero-order chi connectivity index (χ0) is 13.0. The molecule has 0 bridgehead atoms. The predicted molar refractivity (Wildman–Crippen MR) is 82.0 cm³/mol. The van der Waals surface area contributed by atoms with Crippen molar-refractivity contribution in [3.63, 3.8) is 0 Å². The Bertz CT molecular complexity index is 552. The normalized spacial score (nSPS) is 10.1. The third kappa shape index (κ3) is 3.21. The lowest BCUT2D eigenvalue weighted by Crippen LogP contribution is -1.99. The molecule has 4 heteroatoms. The molecule has 92 valence electrons. The van der Waals surface area contributed by atoms with E-state index >= 15 is 0 Å². The number of hydrogen-bond acceptors (Lipinski definition) is 2. The van der Waals surface area contributed by atoms with Crippen LogP contribution in [0.3, 0.4) is 0 Å². The Morgan fingerprint density at radius 1 is 1.06 bits per heavy atom. The lowest BCUT2D eigenvalue weighted by atomic mass is 10.1. The molecule has 0 heterocycles. The minimum absolute atomic E-state index is 0.0856. The van der Waals surface area contributed by atoms with E-state index in [4.69, 9.17) is 0 Å². The van der Waals surface area contributed by atoms with Gasteiger partial charge in [-0.1, -0.05) is 28.1 Å². The molecule has 2 aromatic carbocycles. The SMILES string of the molecule is O=C(CBr)c1ccc(Nc2ccccc2Br)cc1. The summed E-state index contributed by atoms with van der Waals surface area (Å²) in [5.74, 6) is 0.0856. The van der Waals surface area contributed by atoms with Crippen LogP contribution in [0.4, 0.5) is 11.4 Å². The average molecular weight is 369 g/mol. The van der Waals surface area contributed by atoms with Gasteiger partial charge in [0.25, 0.3) is 0 Å². The molecule has 0 radical (unpaired) electrons. The van der Waals surface area contributed by atoms with Crippen molar-refractivity contribution < 1.29 is 4.79 Å². The Morgan fingerprint density at radius 3 is 2.33 bits per heavy atom. The van der Waals surface area contributed by atoms with E-state index in [9.17, 15) is 4.79 Å². The summed E-state index contributed by atoms with van der Waals surface area (Å²) in [6.45, 7) is 0. The number of carbonyl (C=O) groups is 1. The number of Topliss-reactive ketones (excluding diaryl/α,β-unsaturated/α-hetero) is 1. The molecule has 0 aliphatic carbocycles. The van der Waals surface area contributed by atoms with Gasteiger partial charge < -0.3 is 5.32 Å². The van der Waals surface area contributed by atoms with Gasteiger partial charge in [-0.15, -0.1) is 0 Å². The van der Waals surface area contributed by atoms with Gasteiger partial charge >= 0.3 is 0 Å². The molecule has 2 nitrogen and oxygen atoms in total. The first-order valence-electron chi connectivity index (χ1n) is 5.41. The van der Waals surface area contributed by atoms with Crippen molar-refractivity contribution >= 4 is 49.0 Å². The lowest BCUT2D eigenvalue weighted by molar-refractivity contribution is 0.102. The van der Waals surface area contributed by atoms with Gasteiger partial charge in [0.1, 0.15) is 0 Å². The summed E-state index contributed by atoms with van der Waals surface area (Å²) in [6.07, 6.45) is 0. The van der Waals surface area contributed by atoms with Crippen LogP contribution < -0.4 is 5.32 Å². The molecule has 0 unspecified atom stereocenters. The fourth-order valence-electron chi connectivity index (χ4n) is 1.53.